The molecule has 0 spiro atoms. The Labute approximate surface area is 187 Å². The van der Waals surface area contributed by atoms with Crippen molar-refractivity contribution < 1.29 is 10.2 Å². The number of benzene rings is 4. The van der Waals surface area contributed by atoms with Crippen LogP contribution < -0.4 is 0 Å². The molecule has 2 N–H and O–H groups in total. The van der Waals surface area contributed by atoms with Crippen LogP contribution in [0.5, 0.6) is 0 Å². The molecule has 0 fully saturated rings. The molecule has 4 bridgehead atoms. The monoisotopic (exact) mass is 416 g/mol. The zero-order valence-electron chi connectivity index (χ0n) is 17.7. The molecule has 0 amide bonds. The summed E-state index contributed by atoms with van der Waals surface area (Å²) in [6, 6.07) is 34.4. The lowest BCUT2D eigenvalue weighted by Gasteiger charge is -2.59. The van der Waals surface area contributed by atoms with Crippen molar-refractivity contribution in [2.24, 2.45) is 0 Å². The largest absolute Gasteiger partial charge is 0.395 e. The van der Waals surface area contributed by atoms with Crippen LogP contribution in [0.15, 0.2) is 97.1 Å². The van der Waals surface area contributed by atoms with Gasteiger partial charge in [-0.05, 0) is 44.5 Å². The van der Waals surface area contributed by atoms with E-state index in [0.717, 1.165) is 0 Å². The van der Waals surface area contributed by atoms with Crippen LogP contribution in [-0.4, -0.2) is 23.4 Å². The fourth-order valence-electron chi connectivity index (χ4n) is 7.45. The average molecular weight is 417 g/mol. The summed E-state index contributed by atoms with van der Waals surface area (Å²) in [5.41, 5.74) is 8.50. The van der Waals surface area contributed by atoms with Crippen LogP contribution in [0, 0.1) is 0 Å². The van der Waals surface area contributed by atoms with E-state index in [0.29, 0.717) is 0 Å². The molecule has 0 heterocycles. The van der Waals surface area contributed by atoms with Gasteiger partial charge in [0.25, 0.3) is 0 Å². The number of hydrogen-bond acceptors (Lipinski definition) is 2. The second kappa shape index (κ2) is 6.19. The predicted molar refractivity (Wildman–Crippen MR) is 125 cm³/mol. The van der Waals surface area contributed by atoms with Gasteiger partial charge in [0, 0.05) is 11.8 Å². The fourth-order valence-corrected chi connectivity index (χ4v) is 7.45. The SMILES string of the molecule is OCC12c3ccccc3C(c3ccccc31)C1(CO)c3ccccc3C2c2ccccc21. The first-order valence-electron chi connectivity index (χ1n) is 11.4. The van der Waals surface area contributed by atoms with E-state index in [1.54, 1.807) is 0 Å². The Balaban J connectivity index is 1.79. The molecule has 0 radical (unpaired) electrons. The van der Waals surface area contributed by atoms with Gasteiger partial charge in [-0.15, -0.1) is 0 Å². The Morgan fingerprint density at radius 2 is 0.688 bits per heavy atom. The van der Waals surface area contributed by atoms with E-state index < -0.39 is 10.8 Å². The first-order chi connectivity index (χ1) is 15.8. The van der Waals surface area contributed by atoms with E-state index in [-0.39, 0.29) is 25.0 Å². The number of aliphatic hydroxyl groups excluding tert-OH is 2. The molecule has 0 saturated heterocycles. The molecule has 0 aliphatic heterocycles. The molecule has 0 saturated carbocycles. The van der Waals surface area contributed by atoms with Crippen LogP contribution in [0.3, 0.4) is 0 Å². The highest BCUT2D eigenvalue weighted by molar-refractivity contribution is 5.73. The molecule has 6 aliphatic carbocycles. The Morgan fingerprint density at radius 3 is 0.938 bits per heavy atom. The van der Waals surface area contributed by atoms with Crippen molar-refractivity contribution >= 4 is 0 Å². The van der Waals surface area contributed by atoms with Gasteiger partial charge < -0.3 is 10.2 Å². The summed E-state index contributed by atoms with van der Waals surface area (Å²) in [6.07, 6.45) is 0. The number of rotatable bonds is 2. The standard InChI is InChI=1S/C30H24O2/c31-17-29-23-13-5-1-9-19(23)27(20-10-2-6-14-24(20)29)30(18-32)25-15-7-3-11-21(25)28(29)22-12-4-8-16-26(22)30/h1-16,27-28,31-32H,17-18H2. The van der Waals surface area contributed by atoms with Crippen molar-refractivity contribution in [2.75, 3.05) is 13.2 Å². The first-order valence-corrected chi connectivity index (χ1v) is 11.4. The van der Waals surface area contributed by atoms with Crippen LogP contribution in [0.1, 0.15) is 56.3 Å². The Morgan fingerprint density at radius 1 is 0.438 bits per heavy atom. The van der Waals surface area contributed by atoms with Crippen LogP contribution in [0.4, 0.5) is 0 Å². The average Bonchev–Trinajstić information content (AvgIpc) is 2.85. The van der Waals surface area contributed by atoms with E-state index in [4.69, 9.17) is 0 Å². The van der Waals surface area contributed by atoms with Crippen molar-refractivity contribution in [3.63, 3.8) is 0 Å². The van der Waals surface area contributed by atoms with Gasteiger partial charge >= 0.3 is 0 Å². The topological polar surface area (TPSA) is 40.5 Å². The zero-order chi connectivity index (χ0) is 21.5. The summed E-state index contributed by atoms with van der Waals surface area (Å²) in [5, 5.41) is 22.6. The van der Waals surface area contributed by atoms with Crippen LogP contribution in [0.25, 0.3) is 0 Å². The smallest absolute Gasteiger partial charge is 0.0578 e. The lowest BCUT2D eigenvalue weighted by atomic mass is 9.43. The minimum Gasteiger partial charge on any atom is -0.395 e. The third-order valence-electron chi connectivity index (χ3n) is 8.49. The second-order valence-corrected chi connectivity index (χ2v) is 9.47. The first kappa shape index (κ1) is 18.4. The van der Waals surface area contributed by atoms with Crippen molar-refractivity contribution in [1.82, 2.24) is 0 Å². The molecule has 4 aromatic rings. The summed E-state index contributed by atoms with van der Waals surface area (Å²) in [7, 11) is 0. The molecule has 10 rings (SSSR count). The van der Waals surface area contributed by atoms with Gasteiger partial charge in [-0.3, -0.25) is 0 Å². The number of aliphatic hydroxyl groups is 2. The minimum atomic E-state index is -0.585. The summed E-state index contributed by atoms with van der Waals surface area (Å²) in [4.78, 5) is 0. The maximum Gasteiger partial charge on any atom is 0.0578 e. The normalized spacial score (nSPS) is 28.2. The number of hydrogen-bond donors (Lipinski definition) is 2. The minimum absolute atomic E-state index is 0.0210. The second-order valence-electron chi connectivity index (χ2n) is 9.47. The lowest BCUT2D eigenvalue weighted by molar-refractivity contribution is 0.162. The van der Waals surface area contributed by atoms with Gasteiger partial charge in [0.1, 0.15) is 0 Å². The van der Waals surface area contributed by atoms with E-state index >= 15 is 0 Å². The van der Waals surface area contributed by atoms with E-state index in [1.165, 1.54) is 44.5 Å². The highest BCUT2D eigenvalue weighted by Gasteiger charge is 2.62. The fraction of sp³-hybridized carbons (Fsp3) is 0.200. The highest BCUT2D eigenvalue weighted by atomic mass is 16.3. The zero-order valence-corrected chi connectivity index (χ0v) is 17.7. The summed E-state index contributed by atoms with van der Waals surface area (Å²) in [5.74, 6) is -0.0775. The molecular weight excluding hydrogens is 392 g/mol. The molecule has 2 heteroatoms. The van der Waals surface area contributed by atoms with Crippen LogP contribution in [-0.2, 0) is 10.8 Å². The third-order valence-corrected chi connectivity index (χ3v) is 8.49. The van der Waals surface area contributed by atoms with E-state index in [2.05, 4.69) is 97.1 Å². The molecule has 0 aromatic heterocycles. The summed E-state index contributed by atoms with van der Waals surface area (Å²) >= 11 is 0. The Bertz CT molecular complexity index is 1180. The lowest BCUT2D eigenvalue weighted by Crippen LogP contribution is -2.55. The maximum absolute atomic E-state index is 11.3. The van der Waals surface area contributed by atoms with Crippen LogP contribution in [0.2, 0.25) is 0 Å². The van der Waals surface area contributed by atoms with Gasteiger partial charge in [-0.25, -0.2) is 0 Å². The summed E-state index contributed by atoms with van der Waals surface area (Å²) < 4.78 is 0. The maximum atomic E-state index is 11.3. The van der Waals surface area contributed by atoms with Gasteiger partial charge in [-0.2, -0.15) is 0 Å². The highest BCUT2D eigenvalue weighted by Crippen LogP contribution is 2.67. The quantitative estimate of drug-likeness (QED) is 0.491. The molecular formula is C30H24O2. The van der Waals surface area contributed by atoms with Crippen molar-refractivity contribution in [1.29, 1.82) is 0 Å². The van der Waals surface area contributed by atoms with Crippen molar-refractivity contribution in [2.45, 2.75) is 22.7 Å². The summed E-state index contributed by atoms with van der Waals surface area (Å²) in [6.45, 7) is 0.0421. The van der Waals surface area contributed by atoms with Gasteiger partial charge in [0.2, 0.25) is 0 Å². The van der Waals surface area contributed by atoms with E-state index in [1.807, 2.05) is 0 Å². The third kappa shape index (κ3) is 1.83. The van der Waals surface area contributed by atoms with Gasteiger partial charge in [0.15, 0.2) is 0 Å². The van der Waals surface area contributed by atoms with Gasteiger partial charge in [-0.1, -0.05) is 97.1 Å². The van der Waals surface area contributed by atoms with Gasteiger partial charge in [0.05, 0.1) is 24.0 Å². The molecule has 32 heavy (non-hydrogen) atoms. The molecule has 0 unspecified atom stereocenters. The van der Waals surface area contributed by atoms with Crippen LogP contribution >= 0.6 is 0 Å². The molecule has 0 atom stereocenters. The predicted octanol–water partition coefficient (Wildman–Crippen LogP) is 4.85. The Hall–Kier alpha value is -3.20. The molecule has 4 aromatic carbocycles. The molecule has 156 valence electrons. The van der Waals surface area contributed by atoms with Crippen molar-refractivity contribution in [3.8, 4) is 0 Å². The van der Waals surface area contributed by atoms with Crippen molar-refractivity contribution in [3.05, 3.63) is 142 Å². The van der Waals surface area contributed by atoms with E-state index in [9.17, 15) is 10.2 Å². The molecule has 6 aliphatic rings. The Kier molecular flexibility index (Phi) is 3.55. The molecule has 2 nitrogen and oxygen atoms in total.